The normalized spacial score (nSPS) is 17.9. The molecule has 1 aliphatic rings. The molecule has 1 saturated heterocycles. The van der Waals surface area contributed by atoms with Gasteiger partial charge in [-0.1, -0.05) is 30.3 Å². The number of aryl methyl sites for hydroxylation is 1. The molecule has 2 heterocycles. The average molecular weight is 512 g/mol. The molecule has 0 radical (unpaired) electrons. The van der Waals surface area contributed by atoms with Gasteiger partial charge in [-0.15, -0.1) is 34.2 Å². The van der Waals surface area contributed by atoms with Gasteiger partial charge in [-0.2, -0.15) is 0 Å². The van der Waals surface area contributed by atoms with Gasteiger partial charge in [-0.05, 0) is 32.8 Å². The second kappa shape index (κ2) is 11.5. The summed E-state index contributed by atoms with van der Waals surface area (Å²) in [6.07, 6.45) is 1.13. The maximum absolute atomic E-state index is 5.64. The molecule has 3 rings (SSSR count). The Kier molecular flexibility index (Phi) is 9.35. The molecule has 1 fully saturated rings. The van der Waals surface area contributed by atoms with Gasteiger partial charge >= 0.3 is 0 Å². The van der Waals surface area contributed by atoms with Crippen LogP contribution in [0.1, 0.15) is 43.5 Å². The molecular weight excluding hydrogens is 479 g/mol. The molecule has 160 valence electrons. The van der Waals surface area contributed by atoms with Crippen molar-refractivity contribution in [1.82, 2.24) is 25.0 Å². The van der Waals surface area contributed by atoms with Crippen molar-refractivity contribution in [3.8, 4) is 0 Å². The number of nitrogens with one attached hydrogen (secondary N) is 1. The fraction of sp³-hybridized carbons (Fsp3) is 0.571. The molecule has 0 amide bonds. The van der Waals surface area contributed by atoms with Gasteiger partial charge in [-0.25, -0.2) is 4.99 Å². The maximum Gasteiger partial charge on any atom is 0.194 e. The number of halogens is 1. The molecule has 1 aromatic carbocycles. The Labute approximate surface area is 191 Å². The van der Waals surface area contributed by atoms with Gasteiger partial charge in [0.15, 0.2) is 11.8 Å². The Balaban J connectivity index is 0.00000300. The van der Waals surface area contributed by atoms with E-state index in [2.05, 4.69) is 51.6 Å². The highest BCUT2D eigenvalue weighted by Gasteiger charge is 2.26. The SMILES string of the molecule is CCOCC1CCN(C(=NCc2nnc(C)n2C)NC(C)c2ccccc2)C1.I. The lowest BCUT2D eigenvalue weighted by atomic mass is 10.1. The van der Waals surface area contributed by atoms with Crippen LogP contribution < -0.4 is 5.32 Å². The molecule has 2 aromatic rings. The zero-order chi connectivity index (χ0) is 19.9. The lowest BCUT2D eigenvalue weighted by molar-refractivity contribution is 0.114. The van der Waals surface area contributed by atoms with Crippen LogP contribution in [0, 0.1) is 12.8 Å². The van der Waals surface area contributed by atoms with Crippen LogP contribution in [-0.2, 0) is 18.3 Å². The first-order valence-corrected chi connectivity index (χ1v) is 10.1. The number of aromatic nitrogens is 3. The molecule has 8 heteroatoms. The molecule has 29 heavy (non-hydrogen) atoms. The highest BCUT2D eigenvalue weighted by molar-refractivity contribution is 14.0. The van der Waals surface area contributed by atoms with E-state index < -0.39 is 0 Å². The van der Waals surface area contributed by atoms with Crippen LogP contribution in [0.4, 0.5) is 0 Å². The van der Waals surface area contributed by atoms with Crippen molar-refractivity contribution in [3.63, 3.8) is 0 Å². The minimum absolute atomic E-state index is 0. The summed E-state index contributed by atoms with van der Waals surface area (Å²) in [7, 11) is 1.98. The van der Waals surface area contributed by atoms with Crippen LogP contribution in [0.25, 0.3) is 0 Å². The zero-order valence-electron chi connectivity index (χ0n) is 17.8. The molecule has 2 unspecified atom stereocenters. The van der Waals surface area contributed by atoms with Crippen LogP contribution >= 0.6 is 24.0 Å². The van der Waals surface area contributed by atoms with E-state index in [9.17, 15) is 0 Å². The number of benzene rings is 1. The molecule has 1 N–H and O–H groups in total. The third-order valence-electron chi connectivity index (χ3n) is 5.34. The molecule has 1 aromatic heterocycles. The number of guanidine groups is 1. The summed E-state index contributed by atoms with van der Waals surface area (Å²) in [6.45, 7) is 10.2. The highest BCUT2D eigenvalue weighted by atomic mass is 127. The number of nitrogens with zero attached hydrogens (tertiary/aromatic N) is 5. The zero-order valence-corrected chi connectivity index (χ0v) is 20.2. The lowest BCUT2D eigenvalue weighted by Crippen LogP contribution is -2.41. The van der Waals surface area contributed by atoms with Crippen molar-refractivity contribution in [1.29, 1.82) is 0 Å². The Hall–Kier alpha value is -1.68. The van der Waals surface area contributed by atoms with E-state index in [0.717, 1.165) is 50.3 Å². The van der Waals surface area contributed by atoms with Crippen LogP contribution in [-0.4, -0.2) is 51.9 Å². The van der Waals surface area contributed by atoms with Crippen LogP contribution in [0.15, 0.2) is 35.3 Å². The van der Waals surface area contributed by atoms with E-state index in [4.69, 9.17) is 9.73 Å². The summed E-state index contributed by atoms with van der Waals surface area (Å²) in [6, 6.07) is 10.6. The van der Waals surface area contributed by atoms with Crippen molar-refractivity contribution in [2.75, 3.05) is 26.3 Å². The van der Waals surface area contributed by atoms with Gasteiger partial charge in [0.1, 0.15) is 12.4 Å². The predicted octanol–water partition coefficient (Wildman–Crippen LogP) is 3.31. The molecule has 0 saturated carbocycles. The summed E-state index contributed by atoms with van der Waals surface area (Å²) in [5.41, 5.74) is 1.25. The minimum Gasteiger partial charge on any atom is -0.381 e. The summed E-state index contributed by atoms with van der Waals surface area (Å²) in [5, 5.41) is 12.0. The summed E-state index contributed by atoms with van der Waals surface area (Å²) in [5.74, 6) is 3.25. The summed E-state index contributed by atoms with van der Waals surface area (Å²) < 4.78 is 7.62. The van der Waals surface area contributed by atoms with Crippen LogP contribution in [0.5, 0.6) is 0 Å². The molecule has 2 atom stereocenters. The first kappa shape index (κ1) is 23.6. The molecule has 0 bridgehead atoms. The molecule has 7 nitrogen and oxygen atoms in total. The molecular formula is C21H33IN6O. The van der Waals surface area contributed by atoms with Crippen molar-refractivity contribution in [2.45, 2.75) is 39.8 Å². The standard InChI is InChI=1S/C21H32N6O.HI/c1-5-28-15-18-11-12-27(14-18)21(22-13-20-25-24-17(3)26(20)4)23-16(2)19-9-7-6-8-10-19;/h6-10,16,18H,5,11-15H2,1-4H3,(H,22,23);1H. The van der Waals surface area contributed by atoms with Gasteiger partial charge in [0.25, 0.3) is 0 Å². The Morgan fingerprint density at radius 1 is 1.31 bits per heavy atom. The number of likely N-dealkylation sites (tertiary alicyclic amines) is 1. The number of rotatable bonds is 7. The number of hydrogen-bond acceptors (Lipinski definition) is 4. The average Bonchev–Trinajstić information content (AvgIpc) is 3.31. The van der Waals surface area contributed by atoms with Crippen molar-refractivity contribution < 1.29 is 4.74 Å². The quantitative estimate of drug-likeness (QED) is 0.351. The van der Waals surface area contributed by atoms with E-state index >= 15 is 0 Å². The van der Waals surface area contributed by atoms with Gasteiger partial charge in [-0.3, -0.25) is 0 Å². The predicted molar refractivity (Wildman–Crippen MR) is 126 cm³/mol. The third kappa shape index (κ3) is 6.40. The smallest absolute Gasteiger partial charge is 0.194 e. The molecule has 0 spiro atoms. The Morgan fingerprint density at radius 2 is 2.07 bits per heavy atom. The largest absolute Gasteiger partial charge is 0.381 e. The minimum atomic E-state index is 0. The fourth-order valence-electron chi connectivity index (χ4n) is 3.44. The van der Waals surface area contributed by atoms with E-state index in [1.807, 2.05) is 31.5 Å². The van der Waals surface area contributed by atoms with Crippen molar-refractivity contribution in [2.24, 2.45) is 18.0 Å². The van der Waals surface area contributed by atoms with Gasteiger partial charge in [0.05, 0.1) is 12.6 Å². The maximum atomic E-state index is 5.64. The number of ether oxygens (including phenoxy) is 1. The van der Waals surface area contributed by atoms with Crippen LogP contribution in [0.2, 0.25) is 0 Å². The monoisotopic (exact) mass is 512 g/mol. The topological polar surface area (TPSA) is 67.6 Å². The Morgan fingerprint density at radius 3 is 2.72 bits per heavy atom. The van der Waals surface area contributed by atoms with E-state index in [-0.39, 0.29) is 30.0 Å². The van der Waals surface area contributed by atoms with Crippen LogP contribution in [0.3, 0.4) is 0 Å². The number of hydrogen-bond donors (Lipinski definition) is 1. The van der Waals surface area contributed by atoms with Crippen molar-refractivity contribution >= 4 is 29.9 Å². The van der Waals surface area contributed by atoms with E-state index in [0.29, 0.717) is 12.5 Å². The summed E-state index contributed by atoms with van der Waals surface area (Å²) >= 11 is 0. The van der Waals surface area contributed by atoms with Crippen molar-refractivity contribution in [3.05, 3.63) is 47.5 Å². The Bertz CT molecular complexity index is 779. The fourth-order valence-corrected chi connectivity index (χ4v) is 3.44. The van der Waals surface area contributed by atoms with E-state index in [1.54, 1.807) is 0 Å². The first-order valence-electron chi connectivity index (χ1n) is 10.1. The second-order valence-electron chi connectivity index (χ2n) is 7.40. The molecule has 0 aliphatic carbocycles. The van der Waals surface area contributed by atoms with E-state index in [1.165, 1.54) is 5.56 Å². The van der Waals surface area contributed by atoms with Gasteiger partial charge < -0.3 is 19.5 Å². The lowest BCUT2D eigenvalue weighted by Gasteiger charge is -2.25. The third-order valence-corrected chi connectivity index (χ3v) is 5.34. The summed E-state index contributed by atoms with van der Waals surface area (Å²) in [4.78, 5) is 7.24. The molecule has 1 aliphatic heterocycles. The first-order chi connectivity index (χ1) is 13.6. The van der Waals surface area contributed by atoms with Gasteiger partial charge in [0.2, 0.25) is 0 Å². The van der Waals surface area contributed by atoms with Gasteiger partial charge in [0, 0.05) is 32.7 Å². The highest BCUT2D eigenvalue weighted by Crippen LogP contribution is 2.19. The number of aliphatic imine (C=N–C) groups is 1. The second-order valence-corrected chi connectivity index (χ2v) is 7.40.